The Hall–Kier alpha value is -2.95. The van der Waals surface area contributed by atoms with Crippen molar-refractivity contribution in [3.05, 3.63) is 34.8 Å². The number of nitrogens with one attached hydrogen (secondary N) is 1. The van der Waals surface area contributed by atoms with Crippen molar-refractivity contribution in [3.8, 4) is 6.07 Å². The van der Waals surface area contributed by atoms with Crippen LogP contribution in [0.4, 0.5) is 5.82 Å². The highest BCUT2D eigenvalue weighted by atomic mass is 16.1. The van der Waals surface area contributed by atoms with Crippen LogP contribution in [0.5, 0.6) is 0 Å². The molecule has 0 unspecified atom stereocenters. The van der Waals surface area contributed by atoms with E-state index in [4.69, 9.17) is 0 Å². The Balaban J connectivity index is 1.85. The van der Waals surface area contributed by atoms with Gasteiger partial charge >= 0.3 is 0 Å². The van der Waals surface area contributed by atoms with E-state index < -0.39 is 0 Å². The molecule has 0 saturated carbocycles. The van der Waals surface area contributed by atoms with Gasteiger partial charge in [-0.25, -0.2) is 0 Å². The number of hydrogen-bond donors (Lipinski definition) is 1. The van der Waals surface area contributed by atoms with Crippen molar-refractivity contribution in [1.82, 2.24) is 25.3 Å². The smallest absolute Gasteiger partial charge is 0.271 e. The van der Waals surface area contributed by atoms with Crippen molar-refractivity contribution in [2.45, 2.75) is 32.7 Å². The molecule has 1 amide bonds. The van der Waals surface area contributed by atoms with Crippen molar-refractivity contribution in [2.24, 2.45) is 0 Å². The molecule has 0 spiro atoms. The lowest BCUT2D eigenvalue weighted by atomic mass is 10.0. The number of carbonyl (C=O) groups is 1. The number of rotatable bonds is 3. The highest BCUT2D eigenvalue weighted by molar-refractivity contribution is 5.91. The van der Waals surface area contributed by atoms with Gasteiger partial charge in [0.2, 0.25) is 0 Å². The highest BCUT2D eigenvalue weighted by Crippen LogP contribution is 2.28. The molecule has 1 aliphatic rings. The van der Waals surface area contributed by atoms with Crippen molar-refractivity contribution in [1.29, 1.82) is 5.26 Å². The number of nitrogens with zero attached hydrogens (tertiary/aromatic N) is 6. The number of anilines is 1. The Morgan fingerprint density at radius 2 is 2.20 bits per heavy atom. The summed E-state index contributed by atoms with van der Waals surface area (Å²) >= 11 is 0. The predicted octanol–water partition coefficient (Wildman–Crippen LogP) is 1.36. The lowest BCUT2D eigenvalue weighted by Crippen LogP contribution is -2.38. The van der Waals surface area contributed by atoms with E-state index in [0.717, 1.165) is 30.6 Å². The third-order valence-electron chi connectivity index (χ3n) is 4.69. The van der Waals surface area contributed by atoms with E-state index in [2.05, 4.69) is 31.6 Å². The average molecular weight is 339 g/mol. The van der Waals surface area contributed by atoms with Crippen LogP contribution in [0, 0.1) is 25.2 Å². The van der Waals surface area contributed by atoms with E-state index in [0.29, 0.717) is 23.6 Å². The van der Waals surface area contributed by atoms with Gasteiger partial charge in [-0.2, -0.15) is 15.5 Å². The van der Waals surface area contributed by atoms with Gasteiger partial charge in [0.05, 0.1) is 11.7 Å². The van der Waals surface area contributed by atoms with Gasteiger partial charge in [0.15, 0.2) is 5.82 Å². The van der Waals surface area contributed by atoms with E-state index in [9.17, 15) is 10.1 Å². The fraction of sp³-hybridized carbons (Fsp3) is 0.471. The second kappa shape index (κ2) is 6.89. The van der Waals surface area contributed by atoms with Crippen LogP contribution >= 0.6 is 0 Å². The number of carbonyl (C=O) groups excluding carboxylic acids is 1. The van der Waals surface area contributed by atoms with E-state index in [1.54, 1.807) is 13.1 Å². The summed E-state index contributed by atoms with van der Waals surface area (Å²) in [6, 6.07) is 4.11. The van der Waals surface area contributed by atoms with Crippen LogP contribution in [0.3, 0.4) is 0 Å². The Morgan fingerprint density at radius 1 is 1.40 bits per heavy atom. The summed E-state index contributed by atoms with van der Waals surface area (Å²) < 4.78 is 1.83. The average Bonchev–Trinajstić information content (AvgIpc) is 3.13. The van der Waals surface area contributed by atoms with Gasteiger partial charge < -0.3 is 10.2 Å². The molecule has 3 rings (SSSR count). The zero-order valence-electron chi connectivity index (χ0n) is 14.7. The van der Waals surface area contributed by atoms with Crippen molar-refractivity contribution in [3.63, 3.8) is 0 Å². The maximum absolute atomic E-state index is 11.7. The molecule has 2 aromatic heterocycles. The van der Waals surface area contributed by atoms with Crippen molar-refractivity contribution in [2.75, 3.05) is 25.0 Å². The van der Waals surface area contributed by atoms with Crippen LogP contribution in [-0.4, -0.2) is 46.0 Å². The van der Waals surface area contributed by atoms with Crippen molar-refractivity contribution >= 4 is 11.7 Å². The van der Waals surface area contributed by atoms with Crippen LogP contribution in [0.15, 0.2) is 12.3 Å². The van der Waals surface area contributed by atoms with Gasteiger partial charge in [0.25, 0.3) is 5.91 Å². The molecule has 3 heterocycles. The zero-order chi connectivity index (χ0) is 18.0. The summed E-state index contributed by atoms with van der Waals surface area (Å²) in [5.74, 6) is 0.437. The quantitative estimate of drug-likeness (QED) is 0.906. The third-order valence-corrected chi connectivity index (χ3v) is 4.69. The topological polar surface area (TPSA) is 99.7 Å². The van der Waals surface area contributed by atoms with Crippen LogP contribution in [0.2, 0.25) is 0 Å². The SMILES string of the molecule is CNC(=O)c1ccn([C@H]2CCCN(c3nnc(C)c(C)c3C#N)C2)n1. The Morgan fingerprint density at radius 3 is 2.92 bits per heavy atom. The van der Waals surface area contributed by atoms with Crippen LogP contribution in [0.25, 0.3) is 0 Å². The van der Waals surface area contributed by atoms with Gasteiger partial charge in [-0.05, 0) is 38.3 Å². The summed E-state index contributed by atoms with van der Waals surface area (Å²) in [6.45, 7) is 5.26. The Kier molecular flexibility index (Phi) is 4.65. The molecule has 8 nitrogen and oxygen atoms in total. The maximum Gasteiger partial charge on any atom is 0.271 e. The van der Waals surface area contributed by atoms with E-state index in [1.165, 1.54) is 0 Å². The number of aromatic nitrogens is 4. The fourth-order valence-electron chi connectivity index (χ4n) is 3.10. The van der Waals surface area contributed by atoms with Gasteiger partial charge in [0, 0.05) is 26.3 Å². The molecule has 0 aromatic carbocycles. The first kappa shape index (κ1) is 16.9. The molecule has 8 heteroatoms. The van der Waals surface area contributed by atoms with E-state index in [-0.39, 0.29) is 11.9 Å². The van der Waals surface area contributed by atoms with Gasteiger partial charge in [0.1, 0.15) is 17.3 Å². The molecule has 0 bridgehead atoms. The molecule has 130 valence electrons. The predicted molar refractivity (Wildman–Crippen MR) is 92.3 cm³/mol. The summed E-state index contributed by atoms with van der Waals surface area (Å²) in [5.41, 5.74) is 2.63. The maximum atomic E-state index is 11.7. The summed E-state index contributed by atoms with van der Waals surface area (Å²) in [5, 5.41) is 24.9. The minimum absolute atomic E-state index is 0.127. The zero-order valence-corrected chi connectivity index (χ0v) is 14.7. The highest BCUT2D eigenvalue weighted by Gasteiger charge is 2.26. The molecule has 1 aliphatic heterocycles. The van der Waals surface area contributed by atoms with Gasteiger partial charge in [-0.15, -0.1) is 5.10 Å². The monoisotopic (exact) mass is 339 g/mol. The van der Waals surface area contributed by atoms with Gasteiger partial charge in [-0.1, -0.05) is 0 Å². The molecular formula is C17H21N7O. The lowest BCUT2D eigenvalue weighted by molar-refractivity contribution is 0.0957. The van der Waals surface area contributed by atoms with Crippen molar-refractivity contribution < 1.29 is 4.79 Å². The minimum Gasteiger partial charge on any atom is -0.354 e. The summed E-state index contributed by atoms with van der Waals surface area (Å²) in [6.07, 6.45) is 3.75. The van der Waals surface area contributed by atoms with Gasteiger partial charge in [-0.3, -0.25) is 9.48 Å². The second-order valence-electron chi connectivity index (χ2n) is 6.22. The molecule has 0 radical (unpaired) electrons. The number of piperidine rings is 1. The van der Waals surface area contributed by atoms with E-state index >= 15 is 0 Å². The molecule has 1 atom stereocenters. The first-order chi connectivity index (χ1) is 12.0. The first-order valence-electron chi connectivity index (χ1n) is 8.31. The van der Waals surface area contributed by atoms with Crippen LogP contribution in [0.1, 0.15) is 46.2 Å². The first-order valence-corrected chi connectivity index (χ1v) is 8.31. The third kappa shape index (κ3) is 3.18. The second-order valence-corrected chi connectivity index (χ2v) is 6.22. The number of hydrogen-bond acceptors (Lipinski definition) is 6. The fourth-order valence-corrected chi connectivity index (χ4v) is 3.10. The molecule has 1 N–H and O–H groups in total. The molecule has 0 aliphatic carbocycles. The summed E-state index contributed by atoms with van der Waals surface area (Å²) in [4.78, 5) is 13.8. The lowest BCUT2D eigenvalue weighted by Gasteiger charge is -2.34. The molecular weight excluding hydrogens is 318 g/mol. The standard InChI is InChI=1S/C17H21N7O/c1-11-12(2)20-21-16(14(11)9-18)23-7-4-5-13(10-23)24-8-6-15(22-24)17(25)19-3/h6,8,13H,4-5,7,10H2,1-3H3,(H,19,25)/t13-/m0/s1. The molecule has 1 fully saturated rings. The Bertz CT molecular complexity index is 836. The number of nitriles is 1. The molecule has 1 saturated heterocycles. The summed E-state index contributed by atoms with van der Waals surface area (Å²) in [7, 11) is 1.59. The number of amides is 1. The normalized spacial score (nSPS) is 17.2. The minimum atomic E-state index is -0.196. The van der Waals surface area contributed by atoms with E-state index in [1.807, 2.05) is 24.7 Å². The van der Waals surface area contributed by atoms with Crippen LogP contribution in [-0.2, 0) is 0 Å². The number of aryl methyl sites for hydroxylation is 1. The Labute approximate surface area is 146 Å². The van der Waals surface area contributed by atoms with Crippen LogP contribution < -0.4 is 10.2 Å². The largest absolute Gasteiger partial charge is 0.354 e. The molecule has 2 aromatic rings. The molecule has 25 heavy (non-hydrogen) atoms.